The van der Waals surface area contributed by atoms with E-state index in [1.54, 1.807) is 0 Å². The monoisotopic (exact) mass is 416 g/mol. The molecule has 1 aromatic rings. The molecule has 1 aliphatic heterocycles. The van der Waals surface area contributed by atoms with E-state index in [9.17, 15) is 9.90 Å². The minimum absolute atomic E-state index is 0.0150. The Morgan fingerprint density at radius 3 is 2.27 bits per heavy atom. The maximum Gasteiger partial charge on any atom is 0.229 e. The van der Waals surface area contributed by atoms with Crippen molar-refractivity contribution in [3.05, 3.63) is 22.3 Å². The molecule has 0 atom stereocenters. The summed E-state index contributed by atoms with van der Waals surface area (Å²) in [6, 6.07) is 0. The number of aliphatic hydroxyl groups is 1. The summed E-state index contributed by atoms with van der Waals surface area (Å²) in [5, 5.41) is 13.3. The number of amides is 1. The van der Waals surface area contributed by atoms with Gasteiger partial charge in [0.25, 0.3) is 0 Å². The molecule has 1 heterocycles. The molecular formula is C26H44N2O2. The Balaban J connectivity index is 2.26. The highest BCUT2D eigenvalue weighted by Crippen LogP contribution is 2.42. The van der Waals surface area contributed by atoms with Gasteiger partial charge in [-0.3, -0.25) is 4.79 Å². The van der Waals surface area contributed by atoms with Crippen LogP contribution in [0.15, 0.2) is 0 Å². The van der Waals surface area contributed by atoms with Crippen molar-refractivity contribution < 1.29 is 9.90 Å². The predicted molar refractivity (Wildman–Crippen MR) is 128 cm³/mol. The molecule has 0 fully saturated rings. The predicted octanol–water partition coefficient (Wildman–Crippen LogP) is 6.28. The van der Waals surface area contributed by atoms with Gasteiger partial charge >= 0.3 is 0 Å². The van der Waals surface area contributed by atoms with E-state index in [4.69, 9.17) is 0 Å². The summed E-state index contributed by atoms with van der Waals surface area (Å²) >= 11 is 0. The van der Waals surface area contributed by atoms with Crippen molar-refractivity contribution in [3.8, 4) is 0 Å². The molecule has 0 aliphatic carbocycles. The van der Waals surface area contributed by atoms with Crippen molar-refractivity contribution in [1.29, 1.82) is 0 Å². The second kappa shape index (κ2) is 11.2. The zero-order chi connectivity index (χ0) is 22.3. The van der Waals surface area contributed by atoms with Crippen molar-refractivity contribution in [2.75, 3.05) is 23.3 Å². The summed E-state index contributed by atoms with van der Waals surface area (Å²) in [7, 11) is 0. The molecule has 0 bridgehead atoms. The van der Waals surface area contributed by atoms with Crippen molar-refractivity contribution in [1.82, 2.24) is 0 Å². The minimum atomic E-state index is -0.457. The first kappa shape index (κ1) is 24.7. The summed E-state index contributed by atoms with van der Waals surface area (Å²) in [5.41, 5.74) is 6.15. The van der Waals surface area contributed by atoms with Gasteiger partial charge in [0.2, 0.25) is 5.91 Å². The number of rotatable bonds is 10. The number of anilines is 2. The fraction of sp³-hybridized carbons (Fsp3) is 0.731. The Labute approximate surface area is 184 Å². The normalized spacial score (nSPS) is 14.0. The van der Waals surface area contributed by atoms with E-state index in [-0.39, 0.29) is 12.5 Å². The van der Waals surface area contributed by atoms with Crippen LogP contribution < -0.4 is 10.2 Å². The van der Waals surface area contributed by atoms with E-state index in [2.05, 4.69) is 24.1 Å². The van der Waals surface area contributed by atoms with Gasteiger partial charge in [-0.05, 0) is 55.4 Å². The molecule has 4 nitrogen and oxygen atoms in total. The summed E-state index contributed by atoms with van der Waals surface area (Å²) in [6.45, 7) is 14.4. The number of carbonyl (C=O) groups excluding carboxylic acids is 1. The lowest BCUT2D eigenvalue weighted by Gasteiger charge is -2.36. The van der Waals surface area contributed by atoms with E-state index in [1.807, 2.05) is 27.7 Å². The van der Waals surface area contributed by atoms with Crippen molar-refractivity contribution in [2.24, 2.45) is 5.41 Å². The highest BCUT2D eigenvalue weighted by molar-refractivity contribution is 5.99. The van der Waals surface area contributed by atoms with Gasteiger partial charge in [0.1, 0.15) is 0 Å². The molecule has 2 rings (SSSR count). The first-order valence-electron chi connectivity index (χ1n) is 12.0. The number of benzene rings is 1. The van der Waals surface area contributed by atoms with Gasteiger partial charge in [-0.25, -0.2) is 0 Å². The van der Waals surface area contributed by atoms with Crippen molar-refractivity contribution >= 4 is 17.3 Å². The molecule has 0 saturated heterocycles. The number of aliphatic hydroxyl groups excluding tert-OH is 1. The molecule has 1 aromatic carbocycles. The van der Waals surface area contributed by atoms with E-state index >= 15 is 0 Å². The van der Waals surface area contributed by atoms with Crippen LogP contribution in [0.4, 0.5) is 11.4 Å². The van der Waals surface area contributed by atoms with Crippen LogP contribution in [0.5, 0.6) is 0 Å². The van der Waals surface area contributed by atoms with Crippen LogP contribution in [0.25, 0.3) is 0 Å². The summed E-state index contributed by atoms with van der Waals surface area (Å²) in [6.07, 6.45) is 11.3. The zero-order valence-corrected chi connectivity index (χ0v) is 20.3. The van der Waals surface area contributed by atoms with E-state index < -0.39 is 5.41 Å². The first-order valence-corrected chi connectivity index (χ1v) is 12.0. The highest BCUT2D eigenvalue weighted by atomic mass is 16.3. The minimum Gasteiger partial charge on any atom is -0.392 e. The summed E-state index contributed by atoms with van der Waals surface area (Å²) in [4.78, 5) is 15.3. The number of nitrogens with zero attached hydrogens (tertiary/aromatic N) is 1. The average molecular weight is 417 g/mol. The largest absolute Gasteiger partial charge is 0.392 e. The first-order chi connectivity index (χ1) is 14.2. The lowest BCUT2D eigenvalue weighted by atomic mass is 9.88. The molecule has 0 spiro atoms. The second-order valence-corrected chi connectivity index (χ2v) is 10.0. The Morgan fingerprint density at radius 1 is 1.03 bits per heavy atom. The molecule has 0 aromatic heterocycles. The van der Waals surface area contributed by atoms with Gasteiger partial charge < -0.3 is 15.3 Å². The molecule has 1 aliphatic rings. The van der Waals surface area contributed by atoms with Crippen LogP contribution >= 0.6 is 0 Å². The third-order valence-electron chi connectivity index (χ3n) is 6.54. The maximum absolute atomic E-state index is 12.9. The summed E-state index contributed by atoms with van der Waals surface area (Å²) < 4.78 is 0. The Morgan fingerprint density at radius 2 is 1.67 bits per heavy atom. The van der Waals surface area contributed by atoms with E-state index in [0.29, 0.717) is 0 Å². The smallest absolute Gasteiger partial charge is 0.229 e. The third-order valence-corrected chi connectivity index (χ3v) is 6.54. The molecule has 4 heteroatoms. The van der Waals surface area contributed by atoms with E-state index in [1.165, 1.54) is 61.8 Å². The quantitative estimate of drug-likeness (QED) is 0.441. The number of hydrogen-bond donors (Lipinski definition) is 2. The number of carbonyl (C=O) groups is 1. The fourth-order valence-electron chi connectivity index (χ4n) is 4.51. The lowest BCUT2D eigenvalue weighted by Crippen LogP contribution is -2.34. The van der Waals surface area contributed by atoms with Gasteiger partial charge in [-0.2, -0.15) is 0 Å². The fourth-order valence-corrected chi connectivity index (χ4v) is 4.51. The maximum atomic E-state index is 12.9. The van der Waals surface area contributed by atoms with Gasteiger partial charge in [0.15, 0.2) is 0 Å². The number of hydrogen-bond acceptors (Lipinski definition) is 3. The molecule has 170 valence electrons. The molecule has 0 unspecified atom stereocenters. The van der Waals surface area contributed by atoms with Gasteiger partial charge in [0, 0.05) is 18.5 Å². The zero-order valence-electron chi connectivity index (χ0n) is 20.3. The van der Waals surface area contributed by atoms with Crippen LogP contribution in [-0.2, 0) is 17.8 Å². The van der Waals surface area contributed by atoms with Crippen LogP contribution in [0.1, 0.15) is 101 Å². The summed E-state index contributed by atoms with van der Waals surface area (Å²) in [5.74, 6) is 0.0296. The number of unbranched alkanes of at least 4 members (excludes halogenated alkanes) is 6. The molecular weight excluding hydrogens is 372 g/mol. The second-order valence-electron chi connectivity index (χ2n) is 10.0. The van der Waals surface area contributed by atoms with Gasteiger partial charge in [-0.15, -0.1) is 0 Å². The Kier molecular flexibility index (Phi) is 9.21. The van der Waals surface area contributed by atoms with Crippen LogP contribution in [0, 0.1) is 19.3 Å². The third kappa shape index (κ3) is 6.00. The van der Waals surface area contributed by atoms with Gasteiger partial charge in [0.05, 0.1) is 18.0 Å². The van der Waals surface area contributed by atoms with Crippen LogP contribution in [-0.4, -0.2) is 24.1 Å². The van der Waals surface area contributed by atoms with Crippen molar-refractivity contribution in [2.45, 2.75) is 106 Å². The molecule has 0 radical (unpaired) electrons. The van der Waals surface area contributed by atoms with Crippen LogP contribution in [0.3, 0.4) is 0 Å². The molecule has 1 amide bonds. The standard InChI is InChI=1S/C26H44N2O2/c1-7-8-9-10-11-12-13-16-28-17-14-15-21-19(2)22(18-29)20(3)23(24(21)28)27-25(30)26(4,5)6/h29H,7-18H2,1-6H3,(H,27,30). The van der Waals surface area contributed by atoms with Crippen LogP contribution in [0.2, 0.25) is 0 Å². The van der Waals surface area contributed by atoms with Gasteiger partial charge in [-0.1, -0.05) is 66.2 Å². The topological polar surface area (TPSA) is 52.6 Å². The number of fused-ring (bicyclic) bond motifs is 1. The molecule has 30 heavy (non-hydrogen) atoms. The highest BCUT2D eigenvalue weighted by Gasteiger charge is 2.29. The van der Waals surface area contributed by atoms with Crippen molar-refractivity contribution in [3.63, 3.8) is 0 Å². The lowest BCUT2D eigenvalue weighted by molar-refractivity contribution is -0.123. The van der Waals surface area contributed by atoms with E-state index in [0.717, 1.165) is 42.7 Å². The Hall–Kier alpha value is -1.55. The SMILES string of the molecule is CCCCCCCCCN1CCCc2c(C)c(CO)c(C)c(NC(=O)C(C)(C)C)c21. The average Bonchev–Trinajstić information content (AvgIpc) is 2.70. The molecule has 2 N–H and O–H groups in total. The molecule has 0 saturated carbocycles. The number of nitrogens with one attached hydrogen (secondary N) is 1. The Bertz CT molecular complexity index is 719.